The summed E-state index contributed by atoms with van der Waals surface area (Å²) in [5.74, 6) is 0.411. The van der Waals surface area contributed by atoms with Crippen LogP contribution in [0, 0.1) is 11.3 Å². The van der Waals surface area contributed by atoms with Crippen molar-refractivity contribution in [1.29, 1.82) is 0 Å². The van der Waals surface area contributed by atoms with Gasteiger partial charge in [-0.15, -0.1) is 0 Å². The summed E-state index contributed by atoms with van der Waals surface area (Å²) in [6.45, 7) is 1.18. The van der Waals surface area contributed by atoms with Gasteiger partial charge in [-0.2, -0.15) is 0 Å². The van der Waals surface area contributed by atoms with Gasteiger partial charge in [-0.1, -0.05) is 49.6 Å². The van der Waals surface area contributed by atoms with E-state index in [1.807, 2.05) is 23.2 Å². The van der Waals surface area contributed by atoms with Crippen LogP contribution in [0.2, 0.25) is 0 Å². The van der Waals surface area contributed by atoms with Gasteiger partial charge in [0.1, 0.15) is 0 Å². The molecule has 2 amide bonds. The normalized spacial score (nSPS) is 22.3. The molecule has 0 radical (unpaired) electrons. The highest BCUT2D eigenvalue weighted by Gasteiger charge is 2.42. The van der Waals surface area contributed by atoms with Crippen LogP contribution in [-0.2, 0) is 16.0 Å². The van der Waals surface area contributed by atoms with Crippen molar-refractivity contribution in [2.45, 2.75) is 57.8 Å². The summed E-state index contributed by atoms with van der Waals surface area (Å²) in [6.07, 6.45) is 12.4. The Bertz CT molecular complexity index is 891. The standard InChI is InChI=1S/C26H33N3O2/c27-25(31)26(17-21-9-11-22(12-10-21)23-8-4-14-28-18-23)13-5-15-29(19-26)24(30)16-20-6-2-1-3-7-20/h4,8-12,14,18,20H,1-3,5-7,13,15-17,19H2,(H2,27,31). The van der Waals surface area contributed by atoms with Crippen molar-refractivity contribution in [2.75, 3.05) is 13.1 Å². The van der Waals surface area contributed by atoms with Crippen LogP contribution < -0.4 is 5.73 Å². The highest BCUT2D eigenvalue weighted by Crippen LogP contribution is 2.35. The fourth-order valence-corrected chi connectivity index (χ4v) is 5.28. The van der Waals surface area contributed by atoms with Crippen molar-refractivity contribution in [3.63, 3.8) is 0 Å². The molecule has 2 N–H and O–H groups in total. The number of benzene rings is 1. The Morgan fingerprint density at radius 1 is 1.03 bits per heavy atom. The molecular weight excluding hydrogens is 386 g/mol. The lowest BCUT2D eigenvalue weighted by Gasteiger charge is -2.41. The maximum absolute atomic E-state index is 13.0. The number of carbonyl (C=O) groups is 2. The van der Waals surface area contributed by atoms with E-state index in [0.717, 1.165) is 48.9 Å². The lowest BCUT2D eigenvalue weighted by atomic mass is 9.74. The Morgan fingerprint density at radius 3 is 2.48 bits per heavy atom. The molecule has 5 heteroatoms. The summed E-state index contributed by atoms with van der Waals surface area (Å²) in [6, 6.07) is 12.2. The van der Waals surface area contributed by atoms with Crippen molar-refractivity contribution in [3.8, 4) is 11.1 Å². The van der Waals surface area contributed by atoms with E-state index in [9.17, 15) is 9.59 Å². The largest absolute Gasteiger partial charge is 0.369 e. The van der Waals surface area contributed by atoms with Crippen LogP contribution in [0.15, 0.2) is 48.8 Å². The zero-order chi connectivity index (χ0) is 21.7. The molecule has 1 aliphatic heterocycles. The zero-order valence-corrected chi connectivity index (χ0v) is 18.3. The third-order valence-electron chi connectivity index (χ3n) is 7.13. The lowest BCUT2D eigenvalue weighted by molar-refractivity contribution is -0.140. The molecule has 2 fully saturated rings. The van der Waals surface area contributed by atoms with Crippen molar-refractivity contribution in [1.82, 2.24) is 9.88 Å². The Balaban J connectivity index is 1.45. The number of rotatable bonds is 6. The summed E-state index contributed by atoms with van der Waals surface area (Å²) in [5.41, 5.74) is 8.49. The van der Waals surface area contributed by atoms with Gasteiger partial charge in [-0.05, 0) is 60.8 Å². The fraction of sp³-hybridized carbons (Fsp3) is 0.500. The van der Waals surface area contributed by atoms with E-state index in [4.69, 9.17) is 5.73 Å². The molecule has 1 aromatic carbocycles. The van der Waals surface area contributed by atoms with Crippen LogP contribution >= 0.6 is 0 Å². The first-order valence-corrected chi connectivity index (χ1v) is 11.6. The molecule has 1 unspecified atom stereocenters. The van der Waals surface area contributed by atoms with Crippen LogP contribution in [0.1, 0.15) is 56.9 Å². The molecule has 1 aromatic heterocycles. The second-order valence-electron chi connectivity index (χ2n) is 9.39. The first-order valence-electron chi connectivity index (χ1n) is 11.6. The molecule has 1 aliphatic carbocycles. The van der Waals surface area contributed by atoms with Crippen molar-refractivity contribution in [3.05, 3.63) is 54.4 Å². The number of likely N-dealkylation sites (tertiary alicyclic amines) is 1. The van der Waals surface area contributed by atoms with Crippen molar-refractivity contribution >= 4 is 11.8 Å². The first kappa shape index (κ1) is 21.5. The van der Waals surface area contributed by atoms with Gasteiger partial charge >= 0.3 is 0 Å². The third kappa shape index (κ3) is 5.15. The van der Waals surface area contributed by atoms with Crippen LogP contribution in [0.4, 0.5) is 0 Å². The van der Waals surface area contributed by atoms with Gasteiger partial charge in [0.05, 0.1) is 5.41 Å². The minimum absolute atomic E-state index is 0.198. The number of hydrogen-bond donors (Lipinski definition) is 1. The van der Waals surface area contributed by atoms with Gasteiger partial charge in [-0.25, -0.2) is 0 Å². The van der Waals surface area contributed by atoms with E-state index in [2.05, 4.69) is 29.2 Å². The quantitative estimate of drug-likeness (QED) is 0.756. The summed E-state index contributed by atoms with van der Waals surface area (Å²) >= 11 is 0. The summed E-state index contributed by atoms with van der Waals surface area (Å²) in [4.78, 5) is 31.7. The predicted molar refractivity (Wildman–Crippen MR) is 122 cm³/mol. The predicted octanol–water partition coefficient (Wildman–Crippen LogP) is 4.36. The van der Waals surface area contributed by atoms with E-state index < -0.39 is 5.41 Å². The van der Waals surface area contributed by atoms with Crippen LogP contribution in [0.25, 0.3) is 11.1 Å². The van der Waals surface area contributed by atoms with Crippen molar-refractivity contribution in [2.24, 2.45) is 17.1 Å². The molecule has 2 aliphatic rings. The van der Waals surface area contributed by atoms with Gasteiger partial charge in [0.2, 0.25) is 11.8 Å². The Morgan fingerprint density at radius 2 is 1.81 bits per heavy atom. The van der Waals surface area contributed by atoms with E-state index in [-0.39, 0.29) is 11.8 Å². The molecular formula is C26H33N3O2. The number of carbonyl (C=O) groups excluding carboxylic acids is 2. The number of piperidine rings is 1. The molecule has 164 valence electrons. The van der Waals surface area contributed by atoms with Crippen LogP contribution in [-0.4, -0.2) is 34.8 Å². The van der Waals surface area contributed by atoms with Gasteiger partial charge in [0, 0.05) is 31.9 Å². The van der Waals surface area contributed by atoms with Gasteiger partial charge < -0.3 is 10.6 Å². The minimum atomic E-state index is -0.684. The van der Waals surface area contributed by atoms with Gasteiger partial charge in [0.15, 0.2) is 0 Å². The van der Waals surface area contributed by atoms with Crippen LogP contribution in [0.3, 0.4) is 0 Å². The summed E-state index contributed by atoms with van der Waals surface area (Å²) in [7, 11) is 0. The van der Waals surface area contributed by atoms with E-state index >= 15 is 0 Å². The van der Waals surface area contributed by atoms with Gasteiger partial charge in [-0.3, -0.25) is 14.6 Å². The number of amides is 2. The molecule has 31 heavy (non-hydrogen) atoms. The summed E-state index contributed by atoms with van der Waals surface area (Å²) < 4.78 is 0. The van der Waals surface area contributed by atoms with Gasteiger partial charge in [0.25, 0.3) is 0 Å². The maximum Gasteiger partial charge on any atom is 0.225 e. The van der Waals surface area contributed by atoms with E-state index in [1.54, 1.807) is 6.20 Å². The number of pyridine rings is 1. The molecule has 0 bridgehead atoms. The number of primary amides is 1. The van der Waals surface area contributed by atoms with Crippen molar-refractivity contribution < 1.29 is 9.59 Å². The maximum atomic E-state index is 13.0. The number of nitrogens with two attached hydrogens (primary N) is 1. The Kier molecular flexibility index (Phi) is 6.69. The smallest absolute Gasteiger partial charge is 0.225 e. The molecule has 5 nitrogen and oxygen atoms in total. The molecule has 1 atom stereocenters. The topological polar surface area (TPSA) is 76.3 Å². The van der Waals surface area contributed by atoms with E-state index in [1.165, 1.54) is 19.3 Å². The second kappa shape index (κ2) is 9.63. The van der Waals surface area contributed by atoms with E-state index in [0.29, 0.717) is 25.3 Å². The summed E-state index contributed by atoms with van der Waals surface area (Å²) in [5, 5.41) is 0. The Hall–Kier alpha value is -2.69. The molecule has 2 heterocycles. The average Bonchev–Trinajstić information content (AvgIpc) is 2.81. The average molecular weight is 420 g/mol. The molecule has 0 spiro atoms. The first-order chi connectivity index (χ1) is 15.1. The lowest BCUT2D eigenvalue weighted by Crippen LogP contribution is -2.53. The fourth-order valence-electron chi connectivity index (χ4n) is 5.28. The number of nitrogens with zero attached hydrogens (tertiary/aromatic N) is 2. The number of aromatic nitrogens is 1. The van der Waals surface area contributed by atoms with Crippen LogP contribution in [0.5, 0.6) is 0 Å². The SMILES string of the molecule is NC(=O)C1(Cc2ccc(-c3cccnc3)cc2)CCCN(C(=O)CC2CCCCC2)C1. The minimum Gasteiger partial charge on any atom is -0.369 e. The zero-order valence-electron chi connectivity index (χ0n) is 18.3. The molecule has 4 rings (SSSR count). The highest BCUT2D eigenvalue weighted by molar-refractivity contribution is 5.83. The highest BCUT2D eigenvalue weighted by atomic mass is 16.2. The molecule has 2 aromatic rings. The molecule has 1 saturated heterocycles. The molecule has 1 saturated carbocycles. The number of hydrogen-bond acceptors (Lipinski definition) is 3. The monoisotopic (exact) mass is 419 g/mol. The third-order valence-corrected chi connectivity index (χ3v) is 7.13. The Labute approximate surface area is 185 Å². The second-order valence-corrected chi connectivity index (χ2v) is 9.39.